The number of benzene rings is 1. The SMILES string of the molecule is CC(=O)c1ccc(COc2cccc(C3CCN(C(=O)O)CC3)n2)c(OC2CC2)c1. The van der Waals surface area contributed by atoms with Crippen LogP contribution in [-0.4, -0.2) is 46.1 Å². The summed E-state index contributed by atoms with van der Waals surface area (Å²) in [6, 6.07) is 11.2. The zero-order valence-corrected chi connectivity index (χ0v) is 17.0. The molecule has 1 saturated carbocycles. The Morgan fingerprint density at radius 1 is 1.13 bits per heavy atom. The summed E-state index contributed by atoms with van der Waals surface area (Å²) in [6.07, 6.45) is 2.95. The second-order valence-electron chi connectivity index (χ2n) is 7.93. The molecule has 1 amide bonds. The normalized spacial score (nSPS) is 16.9. The number of ketones is 1. The Kier molecular flexibility index (Phi) is 5.88. The third-order valence-electron chi connectivity index (χ3n) is 5.60. The van der Waals surface area contributed by atoms with Crippen LogP contribution < -0.4 is 9.47 Å². The van der Waals surface area contributed by atoms with Crippen molar-refractivity contribution in [1.82, 2.24) is 9.88 Å². The van der Waals surface area contributed by atoms with Crippen LogP contribution >= 0.6 is 0 Å². The molecule has 30 heavy (non-hydrogen) atoms. The van der Waals surface area contributed by atoms with E-state index in [9.17, 15) is 9.59 Å². The summed E-state index contributed by atoms with van der Waals surface area (Å²) in [5, 5.41) is 9.11. The molecule has 7 heteroatoms. The zero-order chi connectivity index (χ0) is 21.1. The average Bonchev–Trinajstić information content (AvgIpc) is 3.57. The molecule has 1 aromatic heterocycles. The van der Waals surface area contributed by atoms with E-state index in [-0.39, 0.29) is 17.8 Å². The third-order valence-corrected chi connectivity index (χ3v) is 5.60. The van der Waals surface area contributed by atoms with Crippen molar-refractivity contribution >= 4 is 11.9 Å². The number of ether oxygens (including phenoxy) is 2. The Bertz CT molecular complexity index is 933. The van der Waals surface area contributed by atoms with Crippen LogP contribution in [0.4, 0.5) is 4.79 Å². The predicted molar refractivity (Wildman–Crippen MR) is 110 cm³/mol. The molecular weight excluding hydrogens is 384 g/mol. The first-order chi connectivity index (χ1) is 14.5. The highest BCUT2D eigenvalue weighted by molar-refractivity contribution is 5.94. The number of likely N-dealkylation sites (tertiary alicyclic amines) is 1. The Morgan fingerprint density at radius 2 is 1.90 bits per heavy atom. The lowest BCUT2D eigenvalue weighted by atomic mass is 9.93. The Balaban J connectivity index is 1.42. The number of hydrogen-bond acceptors (Lipinski definition) is 5. The fraction of sp³-hybridized carbons (Fsp3) is 0.435. The molecule has 0 spiro atoms. The van der Waals surface area contributed by atoms with Gasteiger partial charge in [-0.05, 0) is 44.7 Å². The van der Waals surface area contributed by atoms with Crippen LogP contribution in [0.1, 0.15) is 60.1 Å². The maximum atomic E-state index is 11.7. The van der Waals surface area contributed by atoms with Gasteiger partial charge in [0.1, 0.15) is 12.4 Å². The topological polar surface area (TPSA) is 89.0 Å². The molecular formula is C23H26N2O5. The van der Waals surface area contributed by atoms with Gasteiger partial charge in [-0.1, -0.05) is 18.2 Å². The summed E-state index contributed by atoms with van der Waals surface area (Å²) in [7, 11) is 0. The highest BCUT2D eigenvalue weighted by Crippen LogP contribution is 2.31. The standard InChI is InChI=1S/C23H26N2O5/c1-15(26)17-5-6-18(21(13-17)30-19-7-8-19)14-29-22-4-2-3-20(24-22)16-9-11-25(12-10-16)23(27)28/h2-6,13,16,19H,7-12,14H2,1H3,(H,27,28). The molecule has 0 atom stereocenters. The summed E-state index contributed by atoms with van der Waals surface area (Å²) in [5.41, 5.74) is 2.44. The summed E-state index contributed by atoms with van der Waals surface area (Å²) in [6.45, 7) is 2.89. The molecule has 2 fully saturated rings. The average molecular weight is 410 g/mol. The number of amides is 1. The number of piperidine rings is 1. The molecule has 2 heterocycles. The van der Waals surface area contributed by atoms with Crippen molar-refractivity contribution in [3.8, 4) is 11.6 Å². The van der Waals surface area contributed by atoms with Crippen molar-refractivity contribution in [2.45, 2.75) is 51.2 Å². The Morgan fingerprint density at radius 3 is 2.57 bits per heavy atom. The van der Waals surface area contributed by atoms with Crippen LogP contribution in [0.5, 0.6) is 11.6 Å². The van der Waals surface area contributed by atoms with E-state index >= 15 is 0 Å². The van der Waals surface area contributed by atoms with Gasteiger partial charge in [0.15, 0.2) is 5.78 Å². The summed E-state index contributed by atoms with van der Waals surface area (Å²) >= 11 is 0. The van der Waals surface area contributed by atoms with Crippen molar-refractivity contribution in [3.05, 3.63) is 53.2 Å². The monoisotopic (exact) mass is 410 g/mol. The van der Waals surface area contributed by atoms with Crippen LogP contribution in [0.15, 0.2) is 36.4 Å². The summed E-state index contributed by atoms with van der Waals surface area (Å²) in [5.74, 6) is 1.46. The minimum Gasteiger partial charge on any atom is -0.490 e. The van der Waals surface area contributed by atoms with Gasteiger partial charge in [-0.25, -0.2) is 9.78 Å². The first kappa shape index (κ1) is 20.2. The predicted octanol–water partition coefficient (Wildman–Crippen LogP) is 4.26. The van der Waals surface area contributed by atoms with Gasteiger partial charge in [0, 0.05) is 41.9 Å². The van der Waals surface area contributed by atoms with Gasteiger partial charge < -0.3 is 19.5 Å². The molecule has 158 valence electrons. The van der Waals surface area contributed by atoms with E-state index in [4.69, 9.17) is 14.6 Å². The van der Waals surface area contributed by atoms with E-state index in [0.717, 1.165) is 36.9 Å². The van der Waals surface area contributed by atoms with Crippen LogP contribution in [0.25, 0.3) is 0 Å². The van der Waals surface area contributed by atoms with Gasteiger partial charge in [0.2, 0.25) is 5.88 Å². The number of carboxylic acid groups (broad SMARTS) is 1. The number of nitrogens with zero attached hydrogens (tertiary/aromatic N) is 2. The molecule has 0 unspecified atom stereocenters. The van der Waals surface area contributed by atoms with Gasteiger partial charge >= 0.3 is 6.09 Å². The first-order valence-electron chi connectivity index (χ1n) is 10.4. The molecule has 1 aliphatic heterocycles. The Labute approximate surface area is 175 Å². The molecule has 2 aromatic rings. The lowest BCUT2D eigenvalue weighted by Crippen LogP contribution is -2.36. The van der Waals surface area contributed by atoms with Gasteiger partial charge in [-0.2, -0.15) is 0 Å². The number of hydrogen-bond donors (Lipinski definition) is 1. The molecule has 1 aliphatic carbocycles. The van der Waals surface area contributed by atoms with Crippen LogP contribution in [0.3, 0.4) is 0 Å². The van der Waals surface area contributed by atoms with Crippen molar-refractivity contribution < 1.29 is 24.2 Å². The number of carbonyl (C=O) groups excluding carboxylic acids is 1. The molecule has 2 aliphatic rings. The van der Waals surface area contributed by atoms with Gasteiger partial charge in [0.05, 0.1) is 6.10 Å². The van der Waals surface area contributed by atoms with E-state index < -0.39 is 6.09 Å². The maximum Gasteiger partial charge on any atom is 0.407 e. The molecule has 1 aromatic carbocycles. The summed E-state index contributed by atoms with van der Waals surface area (Å²) < 4.78 is 11.9. The second kappa shape index (κ2) is 8.73. The number of aromatic nitrogens is 1. The quantitative estimate of drug-likeness (QED) is 0.686. The third kappa shape index (κ3) is 4.90. The van der Waals surface area contributed by atoms with Crippen LogP contribution in [-0.2, 0) is 6.61 Å². The van der Waals surface area contributed by atoms with E-state index in [1.807, 2.05) is 24.3 Å². The molecule has 1 N–H and O–H groups in total. The van der Waals surface area contributed by atoms with Gasteiger partial charge in [0.25, 0.3) is 0 Å². The number of pyridine rings is 1. The number of carbonyl (C=O) groups is 2. The minimum absolute atomic E-state index is 0.00595. The van der Waals surface area contributed by atoms with E-state index in [2.05, 4.69) is 4.98 Å². The maximum absolute atomic E-state index is 11.7. The minimum atomic E-state index is -0.862. The molecule has 0 bridgehead atoms. The lowest BCUT2D eigenvalue weighted by Gasteiger charge is -2.29. The van der Waals surface area contributed by atoms with Crippen LogP contribution in [0.2, 0.25) is 0 Å². The molecule has 7 nitrogen and oxygen atoms in total. The lowest BCUT2D eigenvalue weighted by molar-refractivity contribution is 0.101. The van der Waals surface area contributed by atoms with Gasteiger partial charge in [-0.15, -0.1) is 0 Å². The first-order valence-corrected chi connectivity index (χ1v) is 10.4. The van der Waals surface area contributed by atoms with Crippen molar-refractivity contribution in [3.63, 3.8) is 0 Å². The van der Waals surface area contributed by atoms with Crippen molar-refractivity contribution in [2.75, 3.05) is 13.1 Å². The molecule has 4 rings (SSSR count). The largest absolute Gasteiger partial charge is 0.490 e. The molecule has 1 saturated heterocycles. The van der Waals surface area contributed by atoms with Crippen LogP contribution in [0, 0.1) is 0 Å². The van der Waals surface area contributed by atoms with E-state index in [1.165, 1.54) is 4.90 Å². The Hall–Kier alpha value is -3.09. The molecule has 0 radical (unpaired) electrons. The fourth-order valence-corrected chi connectivity index (χ4v) is 3.62. The van der Waals surface area contributed by atoms with Crippen molar-refractivity contribution in [1.29, 1.82) is 0 Å². The highest BCUT2D eigenvalue weighted by atomic mass is 16.5. The smallest absolute Gasteiger partial charge is 0.407 e. The van der Waals surface area contributed by atoms with Crippen molar-refractivity contribution in [2.24, 2.45) is 0 Å². The van der Waals surface area contributed by atoms with Gasteiger partial charge in [-0.3, -0.25) is 4.79 Å². The fourth-order valence-electron chi connectivity index (χ4n) is 3.62. The van der Waals surface area contributed by atoms with E-state index in [0.29, 0.717) is 36.9 Å². The zero-order valence-electron chi connectivity index (χ0n) is 17.0. The summed E-state index contributed by atoms with van der Waals surface area (Å²) in [4.78, 5) is 28.9. The number of Topliss-reactive ketones (excluding diaryl/α,β-unsaturated/α-hetero) is 1. The number of rotatable bonds is 7. The highest BCUT2D eigenvalue weighted by Gasteiger charge is 2.26. The second-order valence-corrected chi connectivity index (χ2v) is 7.93. The van der Waals surface area contributed by atoms with E-state index in [1.54, 1.807) is 19.1 Å².